The van der Waals surface area contributed by atoms with Gasteiger partial charge in [0.1, 0.15) is 0 Å². The van der Waals surface area contributed by atoms with Crippen LogP contribution in [0.4, 0.5) is 0 Å². The normalized spacial score (nSPS) is 24.8. The molecule has 3 rings (SSSR count). The summed E-state index contributed by atoms with van der Waals surface area (Å²) in [5, 5.41) is 3.61. The van der Waals surface area contributed by atoms with Crippen LogP contribution in [0.25, 0.3) is 0 Å². The number of nitrogens with one attached hydrogen (secondary N) is 1. The van der Waals surface area contributed by atoms with Crippen molar-refractivity contribution in [3.8, 4) is 0 Å². The van der Waals surface area contributed by atoms with E-state index in [1.165, 1.54) is 50.6 Å². The molecule has 0 aliphatic heterocycles. The molecule has 4 nitrogen and oxygen atoms in total. The monoisotopic (exact) mass is 328 g/mol. The van der Waals surface area contributed by atoms with Gasteiger partial charge < -0.3 is 10.2 Å². The molecule has 0 spiro atoms. The predicted molar refractivity (Wildman–Crippen MR) is 101 cm³/mol. The maximum Gasteiger partial charge on any atom is 0.0548 e. The smallest absolute Gasteiger partial charge is 0.0548 e. The van der Waals surface area contributed by atoms with Crippen LogP contribution in [-0.4, -0.2) is 49.3 Å². The summed E-state index contributed by atoms with van der Waals surface area (Å²) < 4.78 is 0. The average Bonchev–Trinajstić information content (AvgIpc) is 3.39. The van der Waals surface area contributed by atoms with Gasteiger partial charge in [-0.25, -0.2) is 0 Å². The van der Waals surface area contributed by atoms with E-state index in [1.807, 2.05) is 18.5 Å². The maximum atomic E-state index is 4.55. The van der Waals surface area contributed by atoms with Crippen LogP contribution >= 0.6 is 0 Å². The highest BCUT2D eigenvalue weighted by atomic mass is 15.1. The van der Waals surface area contributed by atoms with Crippen molar-refractivity contribution in [1.82, 2.24) is 15.2 Å². The molecule has 24 heavy (non-hydrogen) atoms. The minimum atomic E-state index is 0.586. The molecule has 0 atom stereocenters. The van der Waals surface area contributed by atoms with Gasteiger partial charge in [0.25, 0.3) is 0 Å². The van der Waals surface area contributed by atoms with E-state index in [-0.39, 0.29) is 0 Å². The SMILES string of the molecule is CN(C)CC1CCC(CNCc2cc(/C=N\C3CC3)ccn2)CC1. The zero-order chi connectivity index (χ0) is 16.8. The van der Waals surface area contributed by atoms with E-state index in [1.54, 1.807) is 0 Å². The molecular weight excluding hydrogens is 296 g/mol. The van der Waals surface area contributed by atoms with Gasteiger partial charge in [0.05, 0.1) is 11.7 Å². The Labute approximate surface area is 146 Å². The molecule has 0 amide bonds. The Morgan fingerprint density at radius 2 is 1.92 bits per heavy atom. The number of aromatic nitrogens is 1. The van der Waals surface area contributed by atoms with E-state index in [4.69, 9.17) is 0 Å². The van der Waals surface area contributed by atoms with Crippen LogP contribution in [-0.2, 0) is 6.54 Å². The summed E-state index contributed by atoms with van der Waals surface area (Å²) in [6, 6.07) is 4.79. The molecule has 2 aliphatic carbocycles. The van der Waals surface area contributed by atoms with Gasteiger partial charge in [-0.3, -0.25) is 9.98 Å². The molecule has 4 heteroatoms. The third kappa shape index (κ3) is 5.99. The molecule has 1 aromatic heterocycles. The van der Waals surface area contributed by atoms with Crippen LogP contribution in [0.5, 0.6) is 0 Å². The van der Waals surface area contributed by atoms with Crippen LogP contribution in [0, 0.1) is 11.8 Å². The van der Waals surface area contributed by atoms with E-state index < -0.39 is 0 Å². The standard InChI is InChI=1S/C20H32N4/c1-24(2)15-17-5-3-16(4-6-17)12-21-14-20-11-18(9-10-22-20)13-23-19-7-8-19/h9-11,13,16-17,19,21H,3-8,12,14-15H2,1-2H3/b23-13-. The third-order valence-corrected chi connectivity index (χ3v) is 5.15. The first-order valence-electron chi connectivity index (χ1n) is 9.52. The molecule has 132 valence electrons. The summed E-state index contributed by atoms with van der Waals surface area (Å²) in [6.45, 7) is 3.23. The number of hydrogen-bond acceptors (Lipinski definition) is 4. The predicted octanol–water partition coefficient (Wildman–Crippen LogP) is 3.12. The van der Waals surface area contributed by atoms with Crippen molar-refractivity contribution < 1.29 is 0 Å². The highest BCUT2D eigenvalue weighted by Crippen LogP contribution is 2.28. The quantitative estimate of drug-likeness (QED) is 0.745. The van der Waals surface area contributed by atoms with Crippen molar-refractivity contribution >= 4 is 6.21 Å². The summed E-state index contributed by atoms with van der Waals surface area (Å²) in [4.78, 5) is 11.4. The second-order valence-corrected chi connectivity index (χ2v) is 7.87. The van der Waals surface area contributed by atoms with Crippen LogP contribution in [0.15, 0.2) is 23.3 Å². The Balaban J connectivity index is 1.37. The topological polar surface area (TPSA) is 40.5 Å². The molecule has 1 N–H and O–H groups in total. The van der Waals surface area contributed by atoms with E-state index in [2.05, 4.69) is 40.4 Å². The van der Waals surface area contributed by atoms with Crippen LogP contribution in [0.2, 0.25) is 0 Å². The lowest BCUT2D eigenvalue weighted by atomic mass is 9.82. The van der Waals surface area contributed by atoms with Crippen molar-refractivity contribution in [1.29, 1.82) is 0 Å². The summed E-state index contributed by atoms with van der Waals surface area (Å²) in [7, 11) is 4.37. The molecular formula is C20H32N4. The van der Waals surface area contributed by atoms with Gasteiger partial charge in [-0.05, 0) is 88.7 Å². The number of rotatable bonds is 8. The highest BCUT2D eigenvalue weighted by Gasteiger charge is 2.21. The second kappa shape index (κ2) is 8.72. The molecule has 2 saturated carbocycles. The zero-order valence-corrected chi connectivity index (χ0v) is 15.2. The average molecular weight is 329 g/mol. The van der Waals surface area contributed by atoms with Crippen molar-refractivity contribution in [3.63, 3.8) is 0 Å². The summed E-state index contributed by atoms with van der Waals surface area (Å²) in [5.74, 6) is 1.74. The minimum Gasteiger partial charge on any atom is -0.311 e. The van der Waals surface area contributed by atoms with Gasteiger partial charge in [0, 0.05) is 25.5 Å². The number of nitrogens with zero attached hydrogens (tertiary/aromatic N) is 3. The lowest BCUT2D eigenvalue weighted by Crippen LogP contribution is -2.30. The Kier molecular flexibility index (Phi) is 6.38. The Hall–Kier alpha value is -1.26. The van der Waals surface area contributed by atoms with Gasteiger partial charge in [-0.1, -0.05) is 0 Å². The van der Waals surface area contributed by atoms with Crippen molar-refractivity contribution in [3.05, 3.63) is 29.6 Å². The molecule has 2 fully saturated rings. The fourth-order valence-corrected chi connectivity index (χ4v) is 3.63. The van der Waals surface area contributed by atoms with Crippen LogP contribution in [0.1, 0.15) is 49.8 Å². The molecule has 1 heterocycles. The summed E-state index contributed by atoms with van der Waals surface area (Å²) >= 11 is 0. The van der Waals surface area contributed by atoms with E-state index in [9.17, 15) is 0 Å². The molecule has 0 bridgehead atoms. The Bertz CT molecular complexity index is 528. The lowest BCUT2D eigenvalue weighted by molar-refractivity contribution is 0.219. The molecule has 1 aromatic rings. The second-order valence-electron chi connectivity index (χ2n) is 7.87. The fourth-order valence-electron chi connectivity index (χ4n) is 3.63. The van der Waals surface area contributed by atoms with E-state index in [0.29, 0.717) is 6.04 Å². The highest BCUT2D eigenvalue weighted by molar-refractivity contribution is 5.79. The van der Waals surface area contributed by atoms with Gasteiger partial charge in [0.2, 0.25) is 0 Å². The Morgan fingerprint density at radius 1 is 1.17 bits per heavy atom. The summed E-state index contributed by atoms with van der Waals surface area (Å²) in [5.41, 5.74) is 2.30. The minimum absolute atomic E-state index is 0.586. The van der Waals surface area contributed by atoms with Gasteiger partial charge in [-0.15, -0.1) is 0 Å². The lowest BCUT2D eigenvalue weighted by Gasteiger charge is -2.30. The molecule has 0 saturated heterocycles. The van der Waals surface area contributed by atoms with Gasteiger partial charge in [0.15, 0.2) is 0 Å². The van der Waals surface area contributed by atoms with Gasteiger partial charge >= 0.3 is 0 Å². The molecule has 0 aromatic carbocycles. The van der Waals surface area contributed by atoms with E-state index >= 15 is 0 Å². The fraction of sp³-hybridized carbons (Fsp3) is 0.700. The van der Waals surface area contributed by atoms with Crippen molar-refractivity contribution in [2.75, 3.05) is 27.2 Å². The molecule has 2 aliphatic rings. The first kappa shape index (κ1) is 17.6. The van der Waals surface area contributed by atoms with Crippen LogP contribution in [0.3, 0.4) is 0 Å². The molecule has 0 radical (unpaired) electrons. The first-order valence-corrected chi connectivity index (χ1v) is 9.52. The number of pyridine rings is 1. The first-order chi connectivity index (χ1) is 11.7. The Morgan fingerprint density at radius 3 is 2.62 bits per heavy atom. The number of aliphatic imine (C=N–C) groups is 1. The van der Waals surface area contributed by atoms with E-state index in [0.717, 1.165) is 30.6 Å². The third-order valence-electron chi connectivity index (χ3n) is 5.15. The van der Waals surface area contributed by atoms with Crippen molar-refractivity contribution in [2.45, 2.75) is 51.1 Å². The van der Waals surface area contributed by atoms with Crippen LogP contribution < -0.4 is 5.32 Å². The largest absolute Gasteiger partial charge is 0.311 e. The summed E-state index contributed by atoms with van der Waals surface area (Å²) in [6.07, 6.45) is 11.9. The van der Waals surface area contributed by atoms with Crippen molar-refractivity contribution in [2.24, 2.45) is 16.8 Å². The molecule has 0 unspecified atom stereocenters. The van der Waals surface area contributed by atoms with Gasteiger partial charge in [-0.2, -0.15) is 0 Å². The number of hydrogen-bond donors (Lipinski definition) is 1. The maximum absolute atomic E-state index is 4.55. The zero-order valence-electron chi connectivity index (χ0n) is 15.2.